The summed E-state index contributed by atoms with van der Waals surface area (Å²) in [4.78, 5) is 26.5. The van der Waals surface area contributed by atoms with Gasteiger partial charge >= 0.3 is 5.69 Å². The monoisotopic (exact) mass is 322 g/mol. The number of carbonyl (C=O) groups excluding carboxylic acids is 1. The Morgan fingerprint density at radius 3 is 2.74 bits per heavy atom. The smallest absolute Gasteiger partial charge is 0.311 e. The zero-order chi connectivity index (χ0) is 16.8. The van der Waals surface area contributed by atoms with Crippen LogP contribution in [-0.4, -0.2) is 67.5 Å². The Hall–Kier alpha value is -2.19. The number of hydrogen-bond donors (Lipinski definition) is 1. The van der Waals surface area contributed by atoms with Gasteiger partial charge in [0.25, 0.3) is 0 Å². The number of hydrogen-bond acceptors (Lipinski definition) is 6. The Kier molecular flexibility index (Phi) is 5.89. The highest BCUT2D eigenvalue weighted by atomic mass is 16.6. The van der Waals surface area contributed by atoms with Gasteiger partial charge in [0, 0.05) is 38.8 Å². The summed E-state index contributed by atoms with van der Waals surface area (Å²) in [5.74, 6) is 0.315. The van der Waals surface area contributed by atoms with Gasteiger partial charge in [-0.05, 0) is 18.7 Å². The fraction of sp³-hybridized carbons (Fsp3) is 0.533. The van der Waals surface area contributed by atoms with Gasteiger partial charge in [-0.25, -0.2) is 0 Å². The summed E-state index contributed by atoms with van der Waals surface area (Å²) >= 11 is 0. The van der Waals surface area contributed by atoms with Crippen molar-refractivity contribution in [2.45, 2.75) is 6.54 Å². The lowest BCUT2D eigenvalue weighted by Gasteiger charge is -2.29. The molecule has 0 aliphatic carbocycles. The van der Waals surface area contributed by atoms with Gasteiger partial charge in [0.05, 0.1) is 18.6 Å². The highest BCUT2D eigenvalue weighted by molar-refractivity contribution is 5.78. The molecule has 8 heteroatoms. The maximum absolute atomic E-state index is 12.2. The van der Waals surface area contributed by atoms with Crippen molar-refractivity contribution in [3.8, 4) is 5.75 Å². The molecule has 0 atom stereocenters. The maximum Gasteiger partial charge on any atom is 0.311 e. The third-order valence-corrected chi connectivity index (χ3v) is 3.77. The molecule has 0 aromatic heterocycles. The minimum Gasteiger partial charge on any atom is -0.490 e. The average molecular weight is 322 g/mol. The van der Waals surface area contributed by atoms with Crippen molar-refractivity contribution in [1.29, 1.82) is 0 Å². The van der Waals surface area contributed by atoms with Gasteiger partial charge in [-0.3, -0.25) is 19.8 Å². The summed E-state index contributed by atoms with van der Waals surface area (Å²) in [5.41, 5.74) is 0.708. The first kappa shape index (κ1) is 17.2. The third-order valence-electron chi connectivity index (χ3n) is 3.77. The van der Waals surface area contributed by atoms with Crippen LogP contribution in [0.4, 0.5) is 5.69 Å². The van der Waals surface area contributed by atoms with Gasteiger partial charge in [0.1, 0.15) is 0 Å². The zero-order valence-corrected chi connectivity index (χ0v) is 13.4. The molecular formula is C15H22N4O4. The molecule has 1 aromatic carbocycles. The summed E-state index contributed by atoms with van der Waals surface area (Å²) in [7, 11) is 3.23. The van der Waals surface area contributed by atoms with E-state index in [9.17, 15) is 14.9 Å². The number of piperazine rings is 1. The Morgan fingerprint density at radius 2 is 2.13 bits per heavy atom. The number of nitrogens with one attached hydrogen (secondary N) is 1. The molecule has 126 valence electrons. The maximum atomic E-state index is 12.2. The largest absolute Gasteiger partial charge is 0.490 e. The fourth-order valence-corrected chi connectivity index (χ4v) is 2.59. The van der Waals surface area contributed by atoms with Crippen LogP contribution >= 0.6 is 0 Å². The lowest BCUT2D eigenvalue weighted by Crippen LogP contribution is -2.49. The Labute approximate surface area is 135 Å². The number of methoxy groups -OCH3 is 1. The van der Waals surface area contributed by atoms with Crippen LogP contribution in [0.2, 0.25) is 0 Å². The van der Waals surface area contributed by atoms with Crippen LogP contribution in [0, 0.1) is 10.1 Å². The van der Waals surface area contributed by atoms with Gasteiger partial charge in [0.15, 0.2) is 5.75 Å². The standard InChI is InChI=1S/C15H22N4O4/c1-17(11-15(20)18-7-5-16-6-8-18)10-12-3-4-14(23-2)13(9-12)19(21)22/h3-4,9,16H,5-8,10-11H2,1-2H3. The molecule has 1 fully saturated rings. The summed E-state index contributed by atoms with van der Waals surface area (Å²) in [6, 6.07) is 4.85. The number of benzene rings is 1. The van der Waals surface area contributed by atoms with Gasteiger partial charge in [-0.15, -0.1) is 0 Å². The number of nitro groups is 1. The van der Waals surface area contributed by atoms with E-state index in [1.165, 1.54) is 13.2 Å². The molecule has 1 amide bonds. The molecule has 8 nitrogen and oxygen atoms in total. The lowest BCUT2D eigenvalue weighted by atomic mass is 10.1. The first-order valence-electron chi connectivity index (χ1n) is 7.49. The van der Waals surface area contributed by atoms with Crippen LogP contribution in [0.25, 0.3) is 0 Å². The minimum absolute atomic E-state index is 0.0631. The summed E-state index contributed by atoms with van der Waals surface area (Å²) in [5, 5.41) is 14.3. The molecule has 23 heavy (non-hydrogen) atoms. The van der Waals surface area contributed by atoms with E-state index in [4.69, 9.17) is 4.74 Å². The number of carbonyl (C=O) groups is 1. The van der Waals surface area contributed by atoms with Gasteiger partial charge in [0.2, 0.25) is 5.91 Å². The van der Waals surface area contributed by atoms with E-state index in [0.29, 0.717) is 13.1 Å². The van der Waals surface area contributed by atoms with E-state index in [0.717, 1.165) is 31.7 Å². The molecule has 0 radical (unpaired) electrons. The van der Waals surface area contributed by atoms with Crippen LogP contribution < -0.4 is 10.1 Å². The van der Waals surface area contributed by atoms with E-state index in [1.54, 1.807) is 12.1 Å². The number of ether oxygens (including phenoxy) is 1. The van der Waals surface area contributed by atoms with E-state index >= 15 is 0 Å². The van der Waals surface area contributed by atoms with Gasteiger partial charge < -0.3 is 15.0 Å². The first-order chi connectivity index (χ1) is 11.0. The minimum atomic E-state index is -0.464. The molecule has 1 aromatic rings. The second-order valence-electron chi connectivity index (χ2n) is 5.57. The first-order valence-corrected chi connectivity index (χ1v) is 7.49. The van der Waals surface area contributed by atoms with Crippen LogP contribution in [0.3, 0.4) is 0 Å². The van der Waals surface area contributed by atoms with Crippen LogP contribution in [0.1, 0.15) is 5.56 Å². The fourth-order valence-electron chi connectivity index (χ4n) is 2.59. The molecule has 0 bridgehead atoms. The van der Waals surface area contributed by atoms with E-state index < -0.39 is 4.92 Å². The predicted molar refractivity (Wildman–Crippen MR) is 85.4 cm³/mol. The van der Waals surface area contributed by atoms with Crippen molar-refractivity contribution in [2.75, 3.05) is 46.9 Å². The molecule has 0 spiro atoms. The summed E-state index contributed by atoms with van der Waals surface area (Å²) < 4.78 is 4.99. The Balaban J connectivity index is 1.96. The van der Waals surface area contributed by atoms with Crippen LogP contribution in [0.15, 0.2) is 18.2 Å². The number of likely N-dealkylation sites (N-methyl/N-ethyl adjacent to an activating group) is 1. The lowest BCUT2D eigenvalue weighted by molar-refractivity contribution is -0.385. The van der Waals surface area contributed by atoms with Gasteiger partial charge in [-0.2, -0.15) is 0 Å². The topological polar surface area (TPSA) is 88.0 Å². The highest BCUT2D eigenvalue weighted by Gasteiger charge is 2.19. The molecule has 1 saturated heterocycles. The number of amides is 1. The molecular weight excluding hydrogens is 300 g/mol. The molecule has 1 N–H and O–H groups in total. The van der Waals surface area contributed by atoms with Crippen molar-refractivity contribution in [1.82, 2.24) is 15.1 Å². The normalized spacial score (nSPS) is 14.8. The molecule has 1 aliphatic heterocycles. The van der Waals surface area contributed by atoms with E-state index in [-0.39, 0.29) is 17.3 Å². The molecule has 1 heterocycles. The van der Waals surface area contributed by atoms with Crippen LogP contribution in [0.5, 0.6) is 5.75 Å². The average Bonchev–Trinajstić information content (AvgIpc) is 2.55. The summed E-state index contributed by atoms with van der Waals surface area (Å²) in [6.07, 6.45) is 0. The second-order valence-corrected chi connectivity index (χ2v) is 5.57. The van der Waals surface area contributed by atoms with Crippen molar-refractivity contribution < 1.29 is 14.5 Å². The zero-order valence-electron chi connectivity index (χ0n) is 13.4. The third kappa shape index (κ3) is 4.64. The second kappa shape index (κ2) is 7.89. The van der Waals surface area contributed by atoms with Crippen molar-refractivity contribution in [3.05, 3.63) is 33.9 Å². The highest BCUT2D eigenvalue weighted by Crippen LogP contribution is 2.27. The SMILES string of the molecule is COc1ccc(CN(C)CC(=O)N2CCNCC2)cc1[N+](=O)[O-]. The molecule has 0 saturated carbocycles. The molecule has 1 aliphatic rings. The summed E-state index contributed by atoms with van der Waals surface area (Å²) in [6.45, 7) is 3.84. The molecule has 2 rings (SSSR count). The van der Waals surface area contributed by atoms with Crippen molar-refractivity contribution >= 4 is 11.6 Å². The molecule has 0 unspecified atom stereocenters. The quantitative estimate of drug-likeness (QED) is 0.605. The van der Waals surface area contributed by atoms with E-state index in [1.807, 2.05) is 16.8 Å². The number of nitro benzene ring substituents is 1. The predicted octanol–water partition coefficient (Wildman–Crippen LogP) is 0.467. The van der Waals surface area contributed by atoms with Crippen LogP contribution in [-0.2, 0) is 11.3 Å². The van der Waals surface area contributed by atoms with Crippen molar-refractivity contribution in [3.63, 3.8) is 0 Å². The number of nitrogens with zero attached hydrogens (tertiary/aromatic N) is 3. The Bertz CT molecular complexity index is 573. The number of rotatable bonds is 6. The Morgan fingerprint density at radius 1 is 1.43 bits per heavy atom. The van der Waals surface area contributed by atoms with Crippen molar-refractivity contribution in [2.24, 2.45) is 0 Å². The van der Waals surface area contributed by atoms with Gasteiger partial charge in [-0.1, -0.05) is 6.07 Å². The van der Waals surface area contributed by atoms with E-state index in [2.05, 4.69) is 5.32 Å².